The number of guanidine groups is 1. The summed E-state index contributed by atoms with van der Waals surface area (Å²) in [4.78, 5) is 11.0. The molecule has 2 heterocycles. The van der Waals surface area contributed by atoms with Gasteiger partial charge in [-0.3, -0.25) is 9.98 Å². The first-order chi connectivity index (χ1) is 9.29. The van der Waals surface area contributed by atoms with Gasteiger partial charge in [0.25, 0.3) is 0 Å². The summed E-state index contributed by atoms with van der Waals surface area (Å²) in [5, 5.41) is 12.9. The second kappa shape index (κ2) is 7.09. The molecule has 0 saturated carbocycles. The largest absolute Gasteiger partial charge is 0.391 e. The van der Waals surface area contributed by atoms with Crippen molar-refractivity contribution in [1.29, 1.82) is 0 Å². The molecular weight excluding hydrogens is 240 g/mol. The summed E-state index contributed by atoms with van der Waals surface area (Å²) in [6, 6.07) is 5.93. The van der Waals surface area contributed by atoms with Gasteiger partial charge in [-0.15, -0.1) is 0 Å². The van der Waals surface area contributed by atoms with Crippen LogP contribution in [0, 0.1) is 0 Å². The van der Waals surface area contributed by atoms with E-state index < -0.39 is 0 Å². The molecule has 0 unspecified atom stereocenters. The van der Waals surface area contributed by atoms with E-state index in [-0.39, 0.29) is 6.10 Å². The molecule has 0 radical (unpaired) electrons. The fourth-order valence-corrected chi connectivity index (χ4v) is 2.18. The third-order valence-electron chi connectivity index (χ3n) is 3.15. The second-order valence-corrected chi connectivity index (χ2v) is 4.70. The zero-order valence-corrected chi connectivity index (χ0v) is 11.4. The number of β-amino-alcohol motifs (C(OH)–C–C–N with tert-alkyl or cyclic N) is 1. The van der Waals surface area contributed by atoms with Gasteiger partial charge in [-0.2, -0.15) is 0 Å². The maximum Gasteiger partial charge on any atom is 0.194 e. The quantitative estimate of drug-likeness (QED) is 0.618. The summed E-state index contributed by atoms with van der Waals surface area (Å²) in [6.07, 6.45) is 3.25. The first-order valence-corrected chi connectivity index (χ1v) is 6.91. The molecular formula is C14H22N4O. The van der Waals surface area contributed by atoms with E-state index in [9.17, 15) is 5.11 Å². The topological polar surface area (TPSA) is 60.8 Å². The van der Waals surface area contributed by atoms with Gasteiger partial charge >= 0.3 is 0 Å². The van der Waals surface area contributed by atoms with E-state index in [1.807, 2.05) is 18.2 Å². The minimum atomic E-state index is -0.223. The number of rotatable bonds is 4. The highest BCUT2D eigenvalue weighted by molar-refractivity contribution is 5.80. The van der Waals surface area contributed by atoms with Crippen molar-refractivity contribution < 1.29 is 5.11 Å². The van der Waals surface area contributed by atoms with Gasteiger partial charge in [0.2, 0.25) is 0 Å². The van der Waals surface area contributed by atoms with Gasteiger partial charge in [0, 0.05) is 44.5 Å². The molecule has 1 aliphatic rings. The molecule has 5 nitrogen and oxygen atoms in total. The molecule has 5 heteroatoms. The molecule has 0 aromatic carbocycles. The molecule has 0 spiro atoms. The van der Waals surface area contributed by atoms with Crippen molar-refractivity contribution in [3.8, 4) is 0 Å². The van der Waals surface area contributed by atoms with E-state index in [0.717, 1.165) is 37.6 Å². The summed E-state index contributed by atoms with van der Waals surface area (Å²) >= 11 is 0. The number of aliphatic hydroxyl groups is 1. The Balaban J connectivity index is 1.89. The lowest BCUT2D eigenvalue weighted by atomic mass is 10.3. The standard InChI is InChI=1S/C14H22N4O/c1-2-15-14(18-10-7-13(19)11-18)17-9-6-12-5-3-4-8-16-12/h3-5,8,13,19H,2,6-7,9-11H2,1H3,(H,15,17)/t13-/m1/s1. The molecule has 1 aromatic rings. The Labute approximate surface area is 114 Å². The minimum absolute atomic E-state index is 0.223. The Morgan fingerprint density at radius 3 is 3.11 bits per heavy atom. The van der Waals surface area contributed by atoms with Gasteiger partial charge in [-0.1, -0.05) is 6.07 Å². The SMILES string of the molecule is CCNC(=NCCc1ccccn1)N1CC[C@@H](O)C1. The number of aliphatic hydroxyl groups excluding tert-OH is 1. The van der Waals surface area contributed by atoms with Gasteiger partial charge in [0.05, 0.1) is 6.10 Å². The van der Waals surface area contributed by atoms with Gasteiger partial charge in [0.1, 0.15) is 0 Å². The van der Waals surface area contributed by atoms with Crippen LogP contribution in [0.5, 0.6) is 0 Å². The van der Waals surface area contributed by atoms with Crippen LogP contribution in [0.15, 0.2) is 29.4 Å². The van der Waals surface area contributed by atoms with Crippen LogP contribution in [0.4, 0.5) is 0 Å². The summed E-state index contributed by atoms with van der Waals surface area (Å²) in [6.45, 7) is 5.16. The molecule has 0 amide bonds. The average Bonchev–Trinajstić information content (AvgIpc) is 2.86. The Morgan fingerprint density at radius 1 is 1.58 bits per heavy atom. The van der Waals surface area contributed by atoms with E-state index in [2.05, 4.69) is 27.1 Å². The molecule has 1 saturated heterocycles. The van der Waals surface area contributed by atoms with Crippen LogP contribution in [0.2, 0.25) is 0 Å². The highest BCUT2D eigenvalue weighted by Crippen LogP contribution is 2.08. The van der Waals surface area contributed by atoms with Crippen molar-refractivity contribution in [1.82, 2.24) is 15.2 Å². The lowest BCUT2D eigenvalue weighted by Crippen LogP contribution is -2.40. The lowest BCUT2D eigenvalue weighted by Gasteiger charge is -2.20. The van der Waals surface area contributed by atoms with Crippen molar-refractivity contribution >= 4 is 5.96 Å². The van der Waals surface area contributed by atoms with Gasteiger partial charge in [-0.25, -0.2) is 0 Å². The van der Waals surface area contributed by atoms with E-state index in [4.69, 9.17) is 0 Å². The van der Waals surface area contributed by atoms with Crippen molar-refractivity contribution in [2.24, 2.45) is 4.99 Å². The average molecular weight is 262 g/mol. The summed E-state index contributed by atoms with van der Waals surface area (Å²) < 4.78 is 0. The van der Waals surface area contributed by atoms with Crippen molar-refractivity contribution in [3.63, 3.8) is 0 Å². The number of nitrogens with one attached hydrogen (secondary N) is 1. The normalized spacial score (nSPS) is 19.8. The van der Waals surface area contributed by atoms with E-state index in [1.165, 1.54) is 0 Å². The van der Waals surface area contributed by atoms with E-state index >= 15 is 0 Å². The Morgan fingerprint density at radius 2 is 2.47 bits per heavy atom. The molecule has 1 aliphatic heterocycles. The Hall–Kier alpha value is -1.62. The highest BCUT2D eigenvalue weighted by atomic mass is 16.3. The molecule has 2 N–H and O–H groups in total. The number of pyridine rings is 1. The fraction of sp³-hybridized carbons (Fsp3) is 0.571. The maximum atomic E-state index is 9.59. The number of hydrogen-bond donors (Lipinski definition) is 2. The maximum absolute atomic E-state index is 9.59. The van der Waals surface area contributed by atoms with Crippen molar-refractivity contribution in [2.45, 2.75) is 25.9 Å². The predicted octanol–water partition coefficient (Wildman–Crippen LogP) is 0.656. The third kappa shape index (κ3) is 4.21. The first-order valence-electron chi connectivity index (χ1n) is 6.91. The van der Waals surface area contributed by atoms with Crippen LogP contribution in [0.1, 0.15) is 19.0 Å². The molecule has 19 heavy (non-hydrogen) atoms. The molecule has 1 aromatic heterocycles. The Bertz CT molecular complexity index is 407. The summed E-state index contributed by atoms with van der Waals surface area (Å²) in [5.74, 6) is 0.898. The number of nitrogens with zero attached hydrogens (tertiary/aromatic N) is 3. The third-order valence-corrected chi connectivity index (χ3v) is 3.15. The first kappa shape index (κ1) is 13.8. The summed E-state index contributed by atoms with van der Waals surface area (Å²) in [5.41, 5.74) is 1.06. The molecule has 1 fully saturated rings. The second-order valence-electron chi connectivity index (χ2n) is 4.70. The molecule has 2 rings (SSSR count). The fourth-order valence-electron chi connectivity index (χ4n) is 2.18. The zero-order chi connectivity index (χ0) is 13.5. The van der Waals surface area contributed by atoms with Gasteiger partial charge in [-0.05, 0) is 25.5 Å². The smallest absolute Gasteiger partial charge is 0.194 e. The molecule has 0 aliphatic carbocycles. The lowest BCUT2D eigenvalue weighted by molar-refractivity contribution is 0.188. The van der Waals surface area contributed by atoms with Crippen molar-refractivity contribution in [2.75, 3.05) is 26.2 Å². The van der Waals surface area contributed by atoms with Crippen LogP contribution in [-0.2, 0) is 6.42 Å². The van der Waals surface area contributed by atoms with Gasteiger partial charge < -0.3 is 15.3 Å². The highest BCUT2D eigenvalue weighted by Gasteiger charge is 2.22. The predicted molar refractivity (Wildman–Crippen MR) is 76.1 cm³/mol. The molecule has 0 bridgehead atoms. The van der Waals surface area contributed by atoms with Crippen LogP contribution < -0.4 is 5.32 Å². The zero-order valence-electron chi connectivity index (χ0n) is 11.4. The van der Waals surface area contributed by atoms with Gasteiger partial charge in [0.15, 0.2) is 5.96 Å². The number of hydrogen-bond acceptors (Lipinski definition) is 3. The minimum Gasteiger partial charge on any atom is -0.391 e. The van der Waals surface area contributed by atoms with Crippen LogP contribution in [0.3, 0.4) is 0 Å². The van der Waals surface area contributed by atoms with Crippen LogP contribution in [0.25, 0.3) is 0 Å². The van der Waals surface area contributed by atoms with E-state index in [0.29, 0.717) is 13.1 Å². The van der Waals surface area contributed by atoms with Crippen molar-refractivity contribution in [3.05, 3.63) is 30.1 Å². The molecule has 1 atom stereocenters. The molecule has 104 valence electrons. The number of aromatic nitrogens is 1. The number of aliphatic imine (C=N–C) groups is 1. The van der Waals surface area contributed by atoms with Crippen LogP contribution >= 0.6 is 0 Å². The Kier molecular flexibility index (Phi) is 5.15. The van der Waals surface area contributed by atoms with E-state index in [1.54, 1.807) is 6.20 Å². The monoisotopic (exact) mass is 262 g/mol. The van der Waals surface area contributed by atoms with Crippen LogP contribution in [-0.4, -0.2) is 53.2 Å². The summed E-state index contributed by atoms with van der Waals surface area (Å²) in [7, 11) is 0. The number of likely N-dealkylation sites (tertiary alicyclic amines) is 1.